The van der Waals surface area contributed by atoms with E-state index in [0.717, 1.165) is 29.8 Å². The Bertz CT molecular complexity index is 698. The minimum atomic E-state index is -0.888. The number of hydrogen-bond acceptors (Lipinski definition) is 4. The summed E-state index contributed by atoms with van der Waals surface area (Å²) >= 11 is 1.30. The zero-order valence-electron chi connectivity index (χ0n) is 12.5. The summed E-state index contributed by atoms with van der Waals surface area (Å²) in [5.74, 6) is -0.910. The Morgan fingerprint density at radius 1 is 1.26 bits per heavy atom. The van der Waals surface area contributed by atoms with E-state index in [1.807, 2.05) is 36.4 Å². The highest BCUT2D eigenvalue weighted by Crippen LogP contribution is 2.26. The molecule has 0 spiro atoms. The van der Waals surface area contributed by atoms with Gasteiger partial charge in [0.2, 0.25) is 0 Å². The summed E-state index contributed by atoms with van der Waals surface area (Å²) in [5, 5.41) is 8.93. The monoisotopic (exact) mass is 331 g/mol. The molecule has 1 amide bonds. The third-order valence-corrected chi connectivity index (χ3v) is 4.87. The maximum atomic E-state index is 12.0. The fourth-order valence-electron chi connectivity index (χ4n) is 2.66. The van der Waals surface area contributed by atoms with Crippen molar-refractivity contribution in [3.63, 3.8) is 0 Å². The van der Waals surface area contributed by atoms with E-state index >= 15 is 0 Å². The molecule has 3 rings (SSSR count). The Hall–Kier alpha value is -2.18. The molecule has 2 heterocycles. The van der Waals surface area contributed by atoms with Crippen LogP contribution in [-0.2, 0) is 16.0 Å². The molecule has 2 aromatic rings. The van der Waals surface area contributed by atoms with Gasteiger partial charge in [0, 0.05) is 10.6 Å². The van der Waals surface area contributed by atoms with Gasteiger partial charge in [0.05, 0.1) is 0 Å². The predicted molar refractivity (Wildman–Crippen MR) is 87.9 cm³/mol. The number of carboxylic acid groups (broad SMARTS) is 1. The van der Waals surface area contributed by atoms with Crippen LogP contribution in [0.25, 0.3) is 0 Å². The standard InChI is InChI=1S/C17H17NO4S/c19-15-11-22-16(18(15)12-5-2-1-3-6-12)8-4-7-13-9-10-14(23-13)17(20)21/h1-3,5-6,9-10,16H,4,7-8,11H2,(H,20,21)/t16-/m1/s1. The maximum Gasteiger partial charge on any atom is 0.345 e. The van der Waals surface area contributed by atoms with Crippen molar-refractivity contribution in [1.82, 2.24) is 0 Å². The van der Waals surface area contributed by atoms with Gasteiger partial charge >= 0.3 is 5.97 Å². The molecule has 1 N–H and O–H groups in total. The molecule has 0 bridgehead atoms. The van der Waals surface area contributed by atoms with Crippen LogP contribution in [0.15, 0.2) is 42.5 Å². The van der Waals surface area contributed by atoms with Gasteiger partial charge in [-0.15, -0.1) is 11.3 Å². The van der Waals surface area contributed by atoms with Gasteiger partial charge in [-0.1, -0.05) is 18.2 Å². The van der Waals surface area contributed by atoms with Crippen molar-refractivity contribution in [2.45, 2.75) is 25.5 Å². The van der Waals surface area contributed by atoms with Crippen LogP contribution < -0.4 is 4.90 Å². The highest BCUT2D eigenvalue weighted by molar-refractivity contribution is 7.13. The number of ether oxygens (including phenoxy) is 1. The number of anilines is 1. The summed E-state index contributed by atoms with van der Waals surface area (Å²) in [6.45, 7) is 0.113. The van der Waals surface area contributed by atoms with Gasteiger partial charge in [-0.2, -0.15) is 0 Å². The second-order valence-corrected chi connectivity index (χ2v) is 6.50. The number of carbonyl (C=O) groups is 2. The Balaban J connectivity index is 1.58. The number of aromatic carboxylic acids is 1. The molecule has 23 heavy (non-hydrogen) atoms. The highest BCUT2D eigenvalue weighted by atomic mass is 32.1. The average molecular weight is 331 g/mol. The summed E-state index contributed by atoms with van der Waals surface area (Å²) in [7, 11) is 0. The molecule has 120 valence electrons. The summed E-state index contributed by atoms with van der Waals surface area (Å²) in [6.07, 6.45) is 2.10. The predicted octanol–water partition coefficient (Wildman–Crippen LogP) is 3.16. The van der Waals surface area contributed by atoms with E-state index in [-0.39, 0.29) is 18.7 Å². The quantitative estimate of drug-likeness (QED) is 0.883. The SMILES string of the molecule is O=C(O)c1ccc(CCC[C@H]2OCC(=O)N2c2ccccc2)s1. The largest absolute Gasteiger partial charge is 0.477 e. The number of nitrogens with zero attached hydrogens (tertiary/aromatic N) is 1. The maximum absolute atomic E-state index is 12.0. The normalized spacial score (nSPS) is 17.7. The van der Waals surface area contributed by atoms with Gasteiger partial charge in [0.15, 0.2) is 0 Å². The number of rotatable bonds is 6. The van der Waals surface area contributed by atoms with Crippen LogP contribution in [-0.4, -0.2) is 29.8 Å². The van der Waals surface area contributed by atoms with Crippen molar-refractivity contribution in [3.05, 3.63) is 52.2 Å². The van der Waals surface area contributed by atoms with Gasteiger partial charge in [0.25, 0.3) is 5.91 Å². The summed E-state index contributed by atoms with van der Waals surface area (Å²) in [5.41, 5.74) is 0.851. The van der Waals surface area contributed by atoms with E-state index in [1.54, 1.807) is 11.0 Å². The lowest BCUT2D eigenvalue weighted by atomic mass is 10.1. The summed E-state index contributed by atoms with van der Waals surface area (Å²) < 4.78 is 5.60. The number of benzene rings is 1. The third-order valence-electron chi connectivity index (χ3n) is 3.74. The van der Waals surface area contributed by atoms with Crippen LogP contribution in [0.2, 0.25) is 0 Å². The first kappa shape index (κ1) is 15.7. The van der Waals surface area contributed by atoms with E-state index in [0.29, 0.717) is 4.88 Å². The number of carbonyl (C=O) groups excluding carboxylic acids is 1. The number of carboxylic acids is 1. The van der Waals surface area contributed by atoms with E-state index in [2.05, 4.69) is 0 Å². The molecule has 1 aliphatic heterocycles. The topological polar surface area (TPSA) is 66.8 Å². The van der Waals surface area contributed by atoms with Crippen molar-refractivity contribution < 1.29 is 19.4 Å². The number of aryl methyl sites for hydroxylation is 1. The van der Waals surface area contributed by atoms with Crippen molar-refractivity contribution in [2.75, 3.05) is 11.5 Å². The zero-order chi connectivity index (χ0) is 16.2. The molecule has 0 unspecified atom stereocenters. The van der Waals surface area contributed by atoms with Crippen molar-refractivity contribution in [1.29, 1.82) is 0 Å². The average Bonchev–Trinajstić information content (AvgIpc) is 3.16. The van der Waals surface area contributed by atoms with Crippen LogP contribution >= 0.6 is 11.3 Å². The van der Waals surface area contributed by atoms with Gasteiger partial charge in [0.1, 0.15) is 17.7 Å². The molecule has 1 aromatic heterocycles. The first-order chi connectivity index (χ1) is 11.1. The molecular formula is C17H17NO4S. The van der Waals surface area contributed by atoms with Crippen molar-refractivity contribution >= 4 is 28.9 Å². The molecule has 0 radical (unpaired) electrons. The molecular weight excluding hydrogens is 314 g/mol. The van der Waals surface area contributed by atoms with Gasteiger partial charge in [-0.05, 0) is 43.5 Å². The molecule has 1 aliphatic rings. The Kier molecular flexibility index (Phi) is 4.73. The lowest BCUT2D eigenvalue weighted by molar-refractivity contribution is -0.117. The van der Waals surface area contributed by atoms with Gasteiger partial charge in [-0.25, -0.2) is 4.79 Å². The second kappa shape index (κ2) is 6.93. The zero-order valence-corrected chi connectivity index (χ0v) is 13.3. The fourth-order valence-corrected chi connectivity index (χ4v) is 3.55. The lowest BCUT2D eigenvalue weighted by Gasteiger charge is -2.23. The minimum Gasteiger partial charge on any atom is -0.477 e. The van der Waals surface area contributed by atoms with E-state index in [9.17, 15) is 9.59 Å². The van der Waals surface area contributed by atoms with Crippen LogP contribution in [0.3, 0.4) is 0 Å². The van der Waals surface area contributed by atoms with Crippen molar-refractivity contribution in [3.8, 4) is 0 Å². The Morgan fingerprint density at radius 2 is 2.04 bits per heavy atom. The van der Waals surface area contributed by atoms with Crippen LogP contribution in [0.4, 0.5) is 5.69 Å². The second-order valence-electron chi connectivity index (χ2n) is 5.33. The van der Waals surface area contributed by atoms with E-state index < -0.39 is 5.97 Å². The molecule has 0 aliphatic carbocycles. The molecule has 1 atom stereocenters. The Morgan fingerprint density at radius 3 is 2.74 bits per heavy atom. The van der Waals surface area contributed by atoms with Crippen LogP contribution in [0, 0.1) is 0 Å². The molecule has 5 nitrogen and oxygen atoms in total. The smallest absolute Gasteiger partial charge is 0.345 e. The van der Waals surface area contributed by atoms with Crippen molar-refractivity contribution in [2.24, 2.45) is 0 Å². The van der Waals surface area contributed by atoms with Gasteiger partial charge < -0.3 is 9.84 Å². The number of thiophene rings is 1. The number of para-hydroxylation sites is 1. The number of hydrogen-bond donors (Lipinski definition) is 1. The third kappa shape index (κ3) is 3.60. The summed E-state index contributed by atoms with van der Waals surface area (Å²) in [6, 6.07) is 13.0. The highest BCUT2D eigenvalue weighted by Gasteiger charge is 2.32. The lowest BCUT2D eigenvalue weighted by Crippen LogP contribution is -2.33. The molecule has 0 saturated carbocycles. The van der Waals surface area contributed by atoms with Gasteiger partial charge in [-0.3, -0.25) is 9.69 Å². The number of amides is 1. The molecule has 1 saturated heterocycles. The molecule has 1 aromatic carbocycles. The molecule has 6 heteroatoms. The van der Waals surface area contributed by atoms with E-state index in [4.69, 9.17) is 9.84 Å². The fraction of sp³-hybridized carbons (Fsp3) is 0.294. The Labute approximate surface area is 138 Å². The van der Waals surface area contributed by atoms with Crippen LogP contribution in [0.1, 0.15) is 27.4 Å². The first-order valence-electron chi connectivity index (χ1n) is 7.46. The minimum absolute atomic E-state index is 0.0227. The first-order valence-corrected chi connectivity index (χ1v) is 8.27. The van der Waals surface area contributed by atoms with E-state index in [1.165, 1.54) is 11.3 Å². The molecule has 1 fully saturated rings. The summed E-state index contributed by atoms with van der Waals surface area (Å²) in [4.78, 5) is 26.0. The van der Waals surface area contributed by atoms with Crippen LogP contribution in [0.5, 0.6) is 0 Å².